The molecule has 0 bridgehead atoms. The Balaban J connectivity index is 1.48. The minimum absolute atomic E-state index is 0.163. The molecule has 0 unspecified atom stereocenters. The minimum atomic E-state index is -4.72. The van der Waals surface area contributed by atoms with Crippen molar-refractivity contribution in [3.63, 3.8) is 0 Å². The van der Waals surface area contributed by atoms with Crippen LogP contribution in [0.5, 0.6) is 0 Å². The van der Waals surface area contributed by atoms with E-state index in [9.17, 15) is 21.6 Å². The van der Waals surface area contributed by atoms with Crippen LogP contribution in [0, 0.1) is 0 Å². The third kappa shape index (κ3) is 4.05. The Morgan fingerprint density at radius 1 is 0.931 bits per heavy atom. The quantitative estimate of drug-likeness (QED) is 0.603. The Morgan fingerprint density at radius 2 is 1.59 bits per heavy atom. The molecule has 1 aliphatic rings. The molecule has 0 aliphatic carbocycles. The Morgan fingerprint density at radius 3 is 2.31 bits per heavy atom. The molecular weight excluding hydrogens is 421 g/mol. The zero-order chi connectivity index (χ0) is 20.6. The second-order valence-corrected chi connectivity index (χ2v) is 9.75. The Labute approximate surface area is 171 Å². The van der Waals surface area contributed by atoms with E-state index < -0.39 is 26.7 Å². The van der Waals surface area contributed by atoms with Gasteiger partial charge in [-0.25, -0.2) is 8.42 Å². The number of nitrogens with zero attached hydrogens (tertiary/aromatic N) is 2. The lowest BCUT2D eigenvalue weighted by molar-refractivity contribution is -0.139. The summed E-state index contributed by atoms with van der Waals surface area (Å²) in [6, 6.07) is 12.5. The van der Waals surface area contributed by atoms with Crippen LogP contribution in [-0.4, -0.2) is 43.8 Å². The van der Waals surface area contributed by atoms with Gasteiger partial charge in [-0.1, -0.05) is 30.3 Å². The van der Waals surface area contributed by atoms with Gasteiger partial charge in [-0.2, -0.15) is 17.5 Å². The molecule has 4 nitrogen and oxygen atoms in total. The standard InChI is InChI=1S/C20H19F3N2O2S2/c21-20(22,23)17-6-2-4-8-19(17)29(26,27)25-11-9-24(10-12-25)13-15-14-28-18-7-3-1-5-16(15)18/h1-8,14H,9-13H2. The number of thiophene rings is 1. The lowest BCUT2D eigenvalue weighted by atomic mass is 10.1. The van der Waals surface area contributed by atoms with Crippen LogP contribution in [0.2, 0.25) is 0 Å². The maximum atomic E-state index is 13.3. The van der Waals surface area contributed by atoms with Gasteiger partial charge in [0, 0.05) is 37.4 Å². The number of hydrogen-bond donors (Lipinski definition) is 0. The number of rotatable bonds is 4. The first-order chi connectivity index (χ1) is 13.8. The first-order valence-electron chi connectivity index (χ1n) is 9.10. The summed E-state index contributed by atoms with van der Waals surface area (Å²) in [5.74, 6) is 0. The third-order valence-corrected chi connectivity index (χ3v) is 8.07. The van der Waals surface area contributed by atoms with Crippen molar-refractivity contribution in [3.8, 4) is 0 Å². The van der Waals surface area contributed by atoms with Crippen molar-refractivity contribution in [1.29, 1.82) is 0 Å². The molecule has 154 valence electrons. The molecule has 0 radical (unpaired) electrons. The Kier molecular flexibility index (Phi) is 5.41. The number of benzene rings is 2. The molecule has 2 aromatic carbocycles. The molecular formula is C20H19F3N2O2S2. The molecule has 1 aliphatic heterocycles. The van der Waals surface area contributed by atoms with Crippen molar-refractivity contribution in [2.24, 2.45) is 0 Å². The van der Waals surface area contributed by atoms with Crippen LogP contribution in [0.3, 0.4) is 0 Å². The van der Waals surface area contributed by atoms with Crippen LogP contribution in [0.1, 0.15) is 11.1 Å². The second-order valence-electron chi connectivity index (χ2n) is 6.93. The molecule has 0 saturated carbocycles. The van der Waals surface area contributed by atoms with Gasteiger partial charge in [-0.15, -0.1) is 11.3 Å². The zero-order valence-electron chi connectivity index (χ0n) is 15.4. The molecule has 4 rings (SSSR count). The topological polar surface area (TPSA) is 40.6 Å². The van der Waals surface area contributed by atoms with Crippen LogP contribution < -0.4 is 0 Å². The van der Waals surface area contributed by atoms with Crippen LogP contribution in [-0.2, 0) is 22.7 Å². The molecule has 9 heteroatoms. The van der Waals surface area contributed by atoms with E-state index >= 15 is 0 Å². The lowest BCUT2D eigenvalue weighted by Crippen LogP contribution is -2.48. The van der Waals surface area contributed by atoms with Crippen molar-refractivity contribution in [3.05, 3.63) is 65.0 Å². The predicted octanol–water partition coefficient (Wildman–Crippen LogP) is 4.43. The van der Waals surface area contributed by atoms with Gasteiger partial charge >= 0.3 is 6.18 Å². The van der Waals surface area contributed by atoms with Gasteiger partial charge in [0.1, 0.15) is 0 Å². The fourth-order valence-corrected chi connectivity index (χ4v) is 6.18. The minimum Gasteiger partial charge on any atom is -0.296 e. The summed E-state index contributed by atoms with van der Waals surface area (Å²) in [6.07, 6.45) is -4.72. The zero-order valence-corrected chi connectivity index (χ0v) is 17.0. The van der Waals surface area contributed by atoms with E-state index in [0.717, 1.165) is 16.4 Å². The van der Waals surface area contributed by atoms with Crippen molar-refractivity contribution < 1.29 is 21.6 Å². The highest BCUT2D eigenvalue weighted by atomic mass is 32.2. The van der Waals surface area contributed by atoms with Gasteiger partial charge < -0.3 is 0 Å². The summed E-state index contributed by atoms with van der Waals surface area (Å²) in [5.41, 5.74) is 0.0662. The SMILES string of the molecule is O=S(=O)(c1ccccc1C(F)(F)F)N1CCN(Cc2csc3ccccc23)CC1. The van der Waals surface area contributed by atoms with Crippen LogP contribution >= 0.6 is 11.3 Å². The number of alkyl halides is 3. The van der Waals surface area contributed by atoms with Gasteiger partial charge in [0.2, 0.25) is 10.0 Å². The molecule has 0 amide bonds. The summed E-state index contributed by atoms with van der Waals surface area (Å²) >= 11 is 1.67. The smallest absolute Gasteiger partial charge is 0.296 e. The van der Waals surface area contributed by atoms with Crippen LogP contribution in [0.4, 0.5) is 13.2 Å². The van der Waals surface area contributed by atoms with E-state index in [1.165, 1.54) is 27.8 Å². The molecule has 2 heterocycles. The molecule has 0 atom stereocenters. The van der Waals surface area contributed by atoms with Crippen LogP contribution in [0.15, 0.2) is 58.8 Å². The number of sulfonamides is 1. The molecule has 29 heavy (non-hydrogen) atoms. The maximum absolute atomic E-state index is 13.3. The average Bonchev–Trinajstić information content (AvgIpc) is 3.11. The molecule has 1 aromatic heterocycles. The highest BCUT2D eigenvalue weighted by molar-refractivity contribution is 7.89. The van der Waals surface area contributed by atoms with Crippen molar-refractivity contribution in [2.75, 3.05) is 26.2 Å². The van der Waals surface area contributed by atoms with Gasteiger partial charge in [-0.3, -0.25) is 4.90 Å². The fourth-order valence-electron chi connectivity index (χ4n) is 3.59. The highest BCUT2D eigenvalue weighted by Crippen LogP contribution is 2.35. The van der Waals surface area contributed by atoms with Gasteiger partial charge in [0.15, 0.2) is 0 Å². The number of hydrogen-bond acceptors (Lipinski definition) is 4. The van der Waals surface area contributed by atoms with Gasteiger partial charge in [-0.05, 0) is 34.5 Å². The normalized spacial score (nSPS) is 17.1. The van der Waals surface area contributed by atoms with Gasteiger partial charge in [0.05, 0.1) is 10.5 Å². The van der Waals surface area contributed by atoms with Crippen LogP contribution in [0.25, 0.3) is 10.1 Å². The summed E-state index contributed by atoms with van der Waals surface area (Å²) < 4.78 is 67.8. The summed E-state index contributed by atoms with van der Waals surface area (Å²) in [5, 5.41) is 3.29. The monoisotopic (exact) mass is 440 g/mol. The van der Waals surface area contributed by atoms with Gasteiger partial charge in [0.25, 0.3) is 0 Å². The molecule has 1 saturated heterocycles. The van der Waals surface area contributed by atoms with Crippen molar-refractivity contribution in [1.82, 2.24) is 9.21 Å². The van der Waals surface area contributed by atoms with E-state index in [4.69, 9.17) is 0 Å². The van der Waals surface area contributed by atoms with E-state index in [1.807, 2.05) is 12.1 Å². The fraction of sp³-hybridized carbons (Fsp3) is 0.300. The van der Waals surface area contributed by atoms with E-state index in [0.29, 0.717) is 19.6 Å². The lowest BCUT2D eigenvalue weighted by Gasteiger charge is -2.34. The number of fused-ring (bicyclic) bond motifs is 1. The molecule has 0 spiro atoms. The Bertz CT molecular complexity index is 1120. The third-order valence-electron chi connectivity index (χ3n) is 5.10. The van der Waals surface area contributed by atoms with E-state index in [1.54, 1.807) is 11.3 Å². The summed E-state index contributed by atoms with van der Waals surface area (Å²) in [6.45, 7) is 1.96. The molecule has 0 N–H and O–H groups in total. The molecule has 1 fully saturated rings. The van der Waals surface area contributed by atoms with E-state index in [-0.39, 0.29) is 13.1 Å². The second kappa shape index (κ2) is 7.71. The van der Waals surface area contributed by atoms with Crippen molar-refractivity contribution in [2.45, 2.75) is 17.6 Å². The summed E-state index contributed by atoms with van der Waals surface area (Å²) in [7, 11) is -4.21. The Hall–Kier alpha value is -1.94. The number of halogens is 3. The molecule has 3 aromatic rings. The van der Waals surface area contributed by atoms with E-state index in [2.05, 4.69) is 22.4 Å². The maximum Gasteiger partial charge on any atom is 0.417 e. The number of piperazine rings is 1. The predicted molar refractivity (Wildman–Crippen MR) is 107 cm³/mol. The average molecular weight is 441 g/mol. The first-order valence-corrected chi connectivity index (χ1v) is 11.4. The van der Waals surface area contributed by atoms with Crippen molar-refractivity contribution >= 4 is 31.4 Å². The largest absolute Gasteiger partial charge is 0.417 e. The first kappa shape index (κ1) is 20.3. The highest BCUT2D eigenvalue weighted by Gasteiger charge is 2.39. The summed E-state index contributed by atoms with van der Waals surface area (Å²) in [4.78, 5) is 1.46.